The fourth-order valence-corrected chi connectivity index (χ4v) is 2.12. The number of nitrogens with zero attached hydrogens (tertiary/aromatic N) is 2. The Labute approximate surface area is 154 Å². The van der Waals surface area contributed by atoms with Crippen molar-refractivity contribution in [3.63, 3.8) is 0 Å². The van der Waals surface area contributed by atoms with E-state index < -0.39 is 0 Å². The van der Waals surface area contributed by atoms with Gasteiger partial charge in [0.25, 0.3) is 0 Å². The molecule has 0 rings (SSSR count). The van der Waals surface area contributed by atoms with Crippen LogP contribution in [0.2, 0.25) is 0 Å². The molecule has 2 N–H and O–H groups in total. The van der Waals surface area contributed by atoms with Crippen LogP contribution in [0.4, 0.5) is 0 Å². The van der Waals surface area contributed by atoms with Crippen LogP contribution < -0.4 is 10.6 Å². The van der Waals surface area contributed by atoms with Gasteiger partial charge in [0, 0.05) is 33.3 Å². The van der Waals surface area contributed by atoms with Gasteiger partial charge in [0.15, 0.2) is 5.96 Å². The fourth-order valence-electron chi connectivity index (χ4n) is 2.12. The molecule has 5 nitrogen and oxygen atoms in total. The van der Waals surface area contributed by atoms with E-state index >= 15 is 0 Å². The minimum absolute atomic E-state index is 0. The summed E-state index contributed by atoms with van der Waals surface area (Å²) in [6.45, 7) is 13.2. The predicted octanol–water partition coefficient (Wildman–Crippen LogP) is 2.42. The van der Waals surface area contributed by atoms with Gasteiger partial charge in [-0.25, -0.2) is 0 Å². The molecule has 0 atom stereocenters. The van der Waals surface area contributed by atoms with Crippen molar-refractivity contribution in [2.24, 2.45) is 16.3 Å². The van der Waals surface area contributed by atoms with E-state index in [2.05, 4.69) is 62.3 Å². The lowest BCUT2D eigenvalue weighted by molar-refractivity contribution is 0.128. The number of hydrogen-bond donors (Lipinski definition) is 2. The lowest BCUT2D eigenvalue weighted by atomic mass is 9.93. The van der Waals surface area contributed by atoms with Crippen LogP contribution in [0.5, 0.6) is 0 Å². The van der Waals surface area contributed by atoms with Gasteiger partial charge >= 0.3 is 0 Å². The maximum Gasteiger partial charge on any atom is 0.191 e. The molecular weight excluding hydrogens is 391 g/mol. The zero-order valence-electron chi connectivity index (χ0n) is 15.5. The fraction of sp³-hybridized carbons (Fsp3) is 0.938. The molecule has 134 valence electrons. The molecule has 0 fully saturated rings. The maximum absolute atomic E-state index is 5.59. The molecule has 0 aromatic carbocycles. The Hall–Kier alpha value is -0.0800. The van der Waals surface area contributed by atoms with Gasteiger partial charge in [-0.3, -0.25) is 4.99 Å². The highest BCUT2D eigenvalue weighted by Gasteiger charge is 2.19. The number of halogens is 1. The van der Waals surface area contributed by atoms with Crippen molar-refractivity contribution in [3.05, 3.63) is 0 Å². The van der Waals surface area contributed by atoms with E-state index in [1.807, 2.05) is 0 Å². The summed E-state index contributed by atoms with van der Waals surface area (Å²) in [5, 5.41) is 6.66. The third-order valence-corrected chi connectivity index (χ3v) is 3.08. The average Bonchev–Trinajstić information content (AvgIpc) is 2.35. The molecule has 0 unspecified atom stereocenters. The molecule has 22 heavy (non-hydrogen) atoms. The molecular formula is C16H37IN4O. The van der Waals surface area contributed by atoms with Crippen molar-refractivity contribution < 1.29 is 4.74 Å². The van der Waals surface area contributed by atoms with Crippen molar-refractivity contribution in [1.29, 1.82) is 0 Å². The Kier molecular flexibility index (Phi) is 14.7. The molecule has 0 amide bonds. The standard InChI is InChI=1S/C16H36N4O.HI/c1-14(2)8-10-21-11-9-18-15(17-5)19-12-16(3,4)13-20(6)7;/h14H,8-13H2,1-7H3,(H2,17,18,19);1H. The number of ether oxygens (including phenoxy) is 1. The van der Waals surface area contributed by atoms with Crippen molar-refractivity contribution in [2.45, 2.75) is 34.1 Å². The summed E-state index contributed by atoms with van der Waals surface area (Å²) < 4.78 is 5.59. The number of nitrogens with one attached hydrogen (secondary N) is 2. The van der Waals surface area contributed by atoms with Crippen molar-refractivity contribution >= 4 is 29.9 Å². The Morgan fingerprint density at radius 2 is 1.82 bits per heavy atom. The summed E-state index contributed by atoms with van der Waals surface area (Å²) >= 11 is 0. The van der Waals surface area contributed by atoms with Crippen LogP contribution in [0, 0.1) is 11.3 Å². The highest BCUT2D eigenvalue weighted by molar-refractivity contribution is 14.0. The minimum Gasteiger partial charge on any atom is -0.380 e. The van der Waals surface area contributed by atoms with Gasteiger partial charge in [-0.15, -0.1) is 24.0 Å². The first-order valence-electron chi connectivity index (χ1n) is 7.94. The van der Waals surface area contributed by atoms with E-state index in [4.69, 9.17) is 4.74 Å². The summed E-state index contributed by atoms with van der Waals surface area (Å²) in [4.78, 5) is 6.45. The number of guanidine groups is 1. The van der Waals surface area contributed by atoms with E-state index in [9.17, 15) is 0 Å². The molecule has 0 saturated carbocycles. The molecule has 0 saturated heterocycles. The molecule has 0 aromatic rings. The zero-order valence-corrected chi connectivity index (χ0v) is 17.9. The molecule has 0 aliphatic rings. The summed E-state index contributed by atoms with van der Waals surface area (Å²) in [5.41, 5.74) is 0.203. The second-order valence-electron chi connectivity index (χ2n) is 7.05. The first-order chi connectivity index (χ1) is 9.76. The molecule has 0 radical (unpaired) electrons. The number of rotatable bonds is 10. The minimum atomic E-state index is 0. The second-order valence-corrected chi connectivity index (χ2v) is 7.05. The second kappa shape index (κ2) is 13.4. The molecule has 0 aromatic heterocycles. The monoisotopic (exact) mass is 428 g/mol. The lowest BCUT2D eigenvalue weighted by Gasteiger charge is -2.29. The summed E-state index contributed by atoms with van der Waals surface area (Å²) in [6.07, 6.45) is 1.12. The van der Waals surface area contributed by atoms with Gasteiger partial charge in [-0.2, -0.15) is 0 Å². The van der Waals surface area contributed by atoms with Crippen molar-refractivity contribution in [3.8, 4) is 0 Å². The van der Waals surface area contributed by atoms with E-state index in [0.717, 1.165) is 38.6 Å². The van der Waals surface area contributed by atoms with Crippen molar-refractivity contribution in [1.82, 2.24) is 15.5 Å². The largest absolute Gasteiger partial charge is 0.380 e. The third kappa shape index (κ3) is 14.8. The quantitative estimate of drug-likeness (QED) is 0.243. The molecule has 0 heterocycles. The predicted molar refractivity (Wildman–Crippen MR) is 107 cm³/mol. The van der Waals surface area contributed by atoms with Gasteiger partial charge < -0.3 is 20.3 Å². The smallest absolute Gasteiger partial charge is 0.191 e. The molecule has 6 heteroatoms. The summed E-state index contributed by atoms with van der Waals surface area (Å²) in [6, 6.07) is 0. The first-order valence-corrected chi connectivity index (χ1v) is 7.94. The van der Waals surface area contributed by atoms with Gasteiger partial charge in [0.2, 0.25) is 0 Å². The van der Waals surface area contributed by atoms with Crippen LogP contribution in [0.15, 0.2) is 4.99 Å². The number of hydrogen-bond acceptors (Lipinski definition) is 3. The Bertz CT molecular complexity index is 294. The van der Waals surface area contributed by atoms with Crippen LogP contribution in [0.1, 0.15) is 34.1 Å². The van der Waals surface area contributed by atoms with Gasteiger partial charge in [0.1, 0.15) is 0 Å². The molecule has 0 spiro atoms. The highest BCUT2D eigenvalue weighted by atomic mass is 127. The Balaban J connectivity index is 0. The molecule has 0 aliphatic carbocycles. The topological polar surface area (TPSA) is 48.9 Å². The van der Waals surface area contributed by atoms with Crippen LogP contribution in [0.25, 0.3) is 0 Å². The SMILES string of the molecule is CN=C(NCCOCCC(C)C)NCC(C)(C)CN(C)C.I. The van der Waals surface area contributed by atoms with Crippen molar-refractivity contribution in [2.75, 3.05) is 54.0 Å². The normalized spacial score (nSPS) is 12.5. The van der Waals surface area contributed by atoms with E-state index in [1.54, 1.807) is 7.05 Å². The number of aliphatic imine (C=N–C) groups is 1. The lowest BCUT2D eigenvalue weighted by Crippen LogP contribution is -2.45. The van der Waals surface area contributed by atoms with Gasteiger partial charge in [-0.05, 0) is 31.8 Å². The van der Waals surface area contributed by atoms with Crippen LogP contribution in [-0.4, -0.2) is 64.9 Å². The summed E-state index contributed by atoms with van der Waals surface area (Å²) in [7, 11) is 6.00. The third-order valence-electron chi connectivity index (χ3n) is 3.08. The Morgan fingerprint density at radius 1 is 1.18 bits per heavy atom. The maximum atomic E-state index is 5.59. The Morgan fingerprint density at radius 3 is 2.32 bits per heavy atom. The zero-order chi connectivity index (χ0) is 16.3. The van der Waals surface area contributed by atoms with Crippen LogP contribution in [0.3, 0.4) is 0 Å². The van der Waals surface area contributed by atoms with E-state index in [1.165, 1.54) is 0 Å². The van der Waals surface area contributed by atoms with Gasteiger partial charge in [0.05, 0.1) is 6.61 Å². The van der Waals surface area contributed by atoms with Crippen LogP contribution >= 0.6 is 24.0 Å². The highest BCUT2D eigenvalue weighted by Crippen LogP contribution is 2.13. The molecule has 0 aliphatic heterocycles. The van der Waals surface area contributed by atoms with Crippen LogP contribution in [-0.2, 0) is 4.74 Å². The first kappa shape index (κ1) is 24.2. The van der Waals surface area contributed by atoms with E-state index in [-0.39, 0.29) is 29.4 Å². The summed E-state index contributed by atoms with van der Waals surface area (Å²) in [5.74, 6) is 1.54. The average molecular weight is 428 g/mol. The molecule has 0 bridgehead atoms. The van der Waals surface area contributed by atoms with E-state index in [0.29, 0.717) is 12.5 Å². The van der Waals surface area contributed by atoms with Gasteiger partial charge in [-0.1, -0.05) is 27.7 Å².